The van der Waals surface area contributed by atoms with Crippen molar-refractivity contribution in [3.8, 4) is 17.1 Å². The van der Waals surface area contributed by atoms with Gasteiger partial charge in [-0.3, -0.25) is 0 Å². The Hall–Kier alpha value is -2.34. The van der Waals surface area contributed by atoms with E-state index in [1.165, 1.54) is 10.9 Å². The Kier molecular flexibility index (Phi) is 2.92. The average Bonchev–Trinajstić information content (AvgIpc) is 2.91. The topological polar surface area (TPSA) is 56.5 Å². The number of rotatable bonds is 2. The Balaban J connectivity index is 2.18. The van der Waals surface area contributed by atoms with Crippen molar-refractivity contribution in [3.63, 3.8) is 0 Å². The Bertz CT molecular complexity index is 713. The van der Waals surface area contributed by atoms with Crippen LogP contribution in [0.15, 0.2) is 42.7 Å². The van der Waals surface area contributed by atoms with Crippen LogP contribution in [0.4, 0.5) is 4.39 Å². The minimum Gasteiger partial charge on any atom is -0.223 e. The van der Waals surface area contributed by atoms with E-state index in [1.807, 2.05) is 30.3 Å². The van der Waals surface area contributed by atoms with Gasteiger partial charge in [-0.05, 0) is 23.7 Å². The standard InChI is InChI=1S/C12H7ClFN5/c13-12-15-6-9(14)11(17-12)10-7-16-18-19(10)8-4-2-1-3-5-8/h1-7H. The van der Waals surface area contributed by atoms with E-state index in [0.29, 0.717) is 5.69 Å². The molecule has 0 atom stereocenters. The van der Waals surface area contributed by atoms with Crippen molar-refractivity contribution in [1.29, 1.82) is 0 Å². The van der Waals surface area contributed by atoms with Crippen LogP contribution in [0.25, 0.3) is 17.1 Å². The van der Waals surface area contributed by atoms with Gasteiger partial charge in [0.05, 0.1) is 18.1 Å². The number of aromatic nitrogens is 5. The summed E-state index contributed by atoms with van der Waals surface area (Å²) in [5, 5.41) is 7.69. The molecule has 0 aliphatic heterocycles. The van der Waals surface area contributed by atoms with Crippen molar-refractivity contribution >= 4 is 11.6 Å². The van der Waals surface area contributed by atoms with Crippen LogP contribution in [0, 0.1) is 5.82 Å². The molecular weight excluding hydrogens is 269 g/mol. The number of para-hydroxylation sites is 1. The lowest BCUT2D eigenvalue weighted by Crippen LogP contribution is -2.02. The second kappa shape index (κ2) is 4.74. The van der Waals surface area contributed by atoms with Gasteiger partial charge >= 0.3 is 0 Å². The van der Waals surface area contributed by atoms with Crippen molar-refractivity contribution < 1.29 is 4.39 Å². The molecule has 3 aromatic rings. The third-order valence-electron chi connectivity index (χ3n) is 2.51. The zero-order valence-corrected chi connectivity index (χ0v) is 10.3. The first-order valence-corrected chi connectivity index (χ1v) is 5.78. The predicted octanol–water partition coefficient (Wildman–Crippen LogP) is 2.52. The zero-order valence-electron chi connectivity index (χ0n) is 9.53. The molecule has 1 aromatic carbocycles. The Morgan fingerprint density at radius 1 is 1.11 bits per heavy atom. The SMILES string of the molecule is Fc1cnc(Cl)nc1-c1cnnn1-c1ccccc1. The first kappa shape index (κ1) is 11.7. The molecule has 94 valence electrons. The molecule has 0 saturated heterocycles. The van der Waals surface area contributed by atoms with E-state index < -0.39 is 5.82 Å². The van der Waals surface area contributed by atoms with Crippen LogP contribution in [-0.2, 0) is 0 Å². The van der Waals surface area contributed by atoms with E-state index in [0.717, 1.165) is 11.9 Å². The molecule has 0 amide bonds. The van der Waals surface area contributed by atoms with Crippen molar-refractivity contribution in [2.75, 3.05) is 0 Å². The molecule has 0 spiro atoms. The lowest BCUT2D eigenvalue weighted by molar-refractivity contribution is 0.616. The minimum atomic E-state index is -0.580. The highest BCUT2D eigenvalue weighted by Crippen LogP contribution is 2.22. The summed E-state index contributed by atoms with van der Waals surface area (Å²) in [6, 6.07) is 9.24. The van der Waals surface area contributed by atoms with E-state index >= 15 is 0 Å². The van der Waals surface area contributed by atoms with Crippen molar-refractivity contribution in [1.82, 2.24) is 25.0 Å². The molecule has 19 heavy (non-hydrogen) atoms. The van der Waals surface area contributed by atoms with Gasteiger partial charge in [0.15, 0.2) is 5.82 Å². The van der Waals surface area contributed by atoms with Gasteiger partial charge in [0.2, 0.25) is 5.28 Å². The van der Waals surface area contributed by atoms with E-state index in [-0.39, 0.29) is 11.0 Å². The summed E-state index contributed by atoms with van der Waals surface area (Å²) in [5.74, 6) is -0.580. The third-order valence-corrected chi connectivity index (χ3v) is 2.69. The molecule has 0 aliphatic rings. The van der Waals surface area contributed by atoms with Gasteiger partial charge < -0.3 is 0 Å². The van der Waals surface area contributed by atoms with Crippen LogP contribution >= 0.6 is 11.6 Å². The highest BCUT2D eigenvalue weighted by molar-refractivity contribution is 6.28. The molecule has 0 radical (unpaired) electrons. The van der Waals surface area contributed by atoms with Gasteiger partial charge in [-0.15, -0.1) is 5.10 Å². The number of benzene rings is 1. The van der Waals surface area contributed by atoms with Crippen molar-refractivity contribution in [3.05, 3.63) is 53.8 Å². The number of hydrogen-bond donors (Lipinski definition) is 0. The van der Waals surface area contributed by atoms with E-state index in [1.54, 1.807) is 0 Å². The Labute approximate surface area is 112 Å². The largest absolute Gasteiger partial charge is 0.223 e. The fraction of sp³-hybridized carbons (Fsp3) is 0. The van der Waals surface area contributed by atoms with Crippen LogP contribution in [0.5, 0.6) is 0 Å². The minimum absolute atomic E-state index is 0.0304. The molecule has 5 nitrogen and oxygen atoms in total. The maximum Gasteiger partial charge on any atom is 0.223 e. The van der Waals surface area contributed by atoms with Gasteiger partial charge in [0, 0.05) is 0 Å². The molecule has 0 N–H and O–H groups in total. The quantitative estimate of drug-likeness (QED) is 0.674. The van der Waals surface area contributed by atoms with Gasteiger partial charge in [-0.2, -0.15) is 0 Å². The normalized spacial score (nSPS) is 10.6. The van der Waals surface area contributed by atoms with E-state index in [9.17, 15) is 4.39 Å². The molecule has 0 aliphatic carbocycles. The van der Waals surface area contributed by atoms with E-state index in [4.69, 9.17) is 11.6 Å². The maximum atomic E-state index is 13.8. The summed E-state index contributed by atoms with van der Waals surface area (Å²) in [4.78, 5) is 7.46. The summed E-state index contributed by atoms with van der Waals surface area (Å²) in [6.45, 7) is 0. The van der Waals surface area contributed by atoms with Crippen LogP contribution in [0.1, 0.15) is 0 Å². The molecule has 0 saturated carbocycles. The van der Waals surface area contributed by atoms with Gasteiger partial charge in [0.1, 0.15) is 11.4 Å². The van der Waals surface area contributed by atoms with Gasteiger partial charge in [-0.25, -0.2) is 19.0 Å². The molecule has 7 heteroatoms. The molecule has 0 bridgehead atoms. The second-order valence-corrected chi connectivity index (χ2v) is 4.04. The monoisotopic (exact) mass is 275 g/mol. The lowest BCUT2D eigenvalue weighted by atomic mass is 10.2. The van der Waals surface area contributed by atoms with Crippen LogP contribution < -0.4 is 0 Å². The number of hydrogen-bond acceptors (Lipinski definition) is 4. The Morgan fingerprint density at radius 2 is 1.89 bits per heavy atom. The molecular formula is C12H7ClFN5. The Morgan fingerprint density at radius 3 is 2.68 bits per heavy atom. The molecule has 3 rings (SSSR count). The summed E-state index contributed by atoms with van der Waals surface area (Å²) >= 11 is 5.69. The first-order chi connectivity index (χ1) is 9.25. The molecule has 0 unspecified atom stereocenters. The number of nitrogens with zero attached hydrogens (tertiary/aromatic N) is 5. The van der Waals surface area contributed by atoms with Crippen molar-refractivity contribution in [2.45, 2.75) is 0 Å². The first-order valence-electron chi connectivity index (χ1n) is 5.40. The summed E-state index contributed by atoms with van der Waals surface area (Å²) < 4.78 is 15.3. The van der Waals surface area contributed by atoms with Crippen LogP contribution in [0.3, 0.4) is 0 Å². The third kappa shape index (κ3) is 2.17. The second-order valence-electron chi connectivity index (χ2n) is 3.70. The molecule has 0 fully saturated rings. The zero-order chi connectivity index (χ0) is 13.2. The highest BCUT2D eigenvalue weighted by atomic mass is 35.5. The average molecular weight is 276 g/mol. The predicted molar refractivity (Wildman–Crippen MR) is 67.4 cm³/mol. The fourth-order valence-electron chi connectivity index (χ4n) is 1.68. The maximum absolute atomic E-state index is 13.8. The summed E-state index contributed by atoms with van der Waals surface area (Å²) in [6.07, 6.45) is 2.45. The van der Waals surface area contributed by atoms with Crippen LogP contribution in [-0.4, -0.2) is 25.0 Å². The number of halogens is 2. The molecule has 2 aromatic heterocycles. The van der Waals surface area contributed by atoms with E-state index in [2.05, 4.69) is 20.3 Å². The molecule has 2 heterocycles. The summed E-state index contributed by atoms with van der Waals surface area (Å²) in [5.41, 5.74) is 1.23. The lowest BCUT2D eigenvalue weighted by Gasteiger charge is -2.06. The summed E-state index contributed by atoms with van der Waals surface area (Å²) in [7, 11) is 0. The smallest absolute Gasteiger partial charge is 0.223 e. The fourth-order valence-corrected chi connectivity index (χ4v) is 1.81. The van der Waals surface area contributed by atoms with Gasteiger partial charge in [-0.1, -0.05) is 23.4 Å². The van der Waals surface area contributed by atoms with Crippen molar-refractivity contribution in [2.24, 2.45) is 0 Å². The highest BCUT2D eigenvalue weighted by Gasteiger charge is 2.15. The van der Waals surface area contributed by atoms with Gasteiger partial charge in [0.25, 0.3) is 0 Å². The van der Waals surface area contributed by atoms with Crippen LogP contribution in [0.2, 0.25) is 5.28 Å².